The maximum atomic E-state index is 11.7. The van der Waals surface area contributed by atoms with Gasteiger partial charge in [-0.1, -0.05) is 24.3 Å². The Hall–Kier alpha value is -2.69. The van der Waals surface area contributed by atoms with Gasteiger partial charge >= 0.3 is 0 Å². The lowest BCUT2D eigenvalue weighted by molar-refractivity contribution is -0.129. The lowest BCUT2D eigenvalue weighted by Gasteiger charge is -2.23. The number of aromatic nitrogens is 1. The van der Waals surface area contributed by atoms with Crippen LogP contribution in [0.3, 0.4) is 0 Å². The highest BCUT2D eigenvalue weighted by atomic mass is 16.2. The molecule has 0 bridgehead atoms. The van der Waals surface area contributed by atoms with E-state index in [2.05, 4.69) is 29.2 Å². The number of carbonyl (C=O) groups is 2. The second-order valence-electron chi connectivity index (χ2n) is 6.23. The van der Waals surface area contributed by atoms with Crippen LogP contribution in [0.5, 0.6) is 0 Å². The summed E-state index contributed by atoms with van der Waals surface area (Å²) < 4.78 is 0. The number of benzene rings is 1. The molecule has 1 aliphatic rings. The van der Waals surface area contributed by atoms with E-state index in [4.69, 9.17) is 5.73 Å². The third kappa shape index (κ3) is 3.45. The molecule has 1 aliphatic heterocycles. The van der Waals surface area contributed by atoms with Gasteiger partial charge in [0.05, 0.1) is 11.6 Å². The van der Waals surface area contributed by atoms with Crippen molar-refractivity contribution in [1.82, 2.24) is 9.88 Å². The fourth-order valence-electron chi connectivity index (χ4n) is 3.30. The molecule has 2 amide bonds. The number of nitrogens with two attached hydrogens (primary N) is 1. The second kappa shape index (κ2) is 6.83. The van der Waals surface area contributed by atoms with E-state index in [9.17, 15) is 9.59 Å². The first kappa shape index (κ1) is 16.2. The quantitative estimate of drug-likeness (QED) is 0.939. The smallest absolute Gasteiger partial charge is 0.250 e. The zero-order chi connectivity index (χ0) is 17.1. The summed E-state index contributed by atoms with van der Waals surface area (Å²) in [6.45, 7) is 2.47. The summed E-state index contributed by atoms with van der Waals surface area (Å²) in [5.41, 5.74) is 8.97. The Balaban J connectivity index is 1.74. The average molecular weight is 323 g/mol. The number of likely N-dealkylation sites (tertiary alicyclic amines) is 1. The van der Waals surface area contributed by atoms with E-state index >= 15 is 0 Å². The molecule has 5 heteroatoms. The minimum Gasteiger partial charge on any atom is -0.366 e. The number of nitrogens with zero attached hydrogens (tertiary/aromatic N) is 2. The SMILES string of the molecule is CC(=O)N1CCCC1c1ccc(Cc2cncc(C(N)=O)c2)cc1. The molecule has 24 heavy (non-hydrogen) atoms. The van der Waals surface area contributed by atoms with Crippen LogP contribution in [0, 0.1) is 0 Å². The van der Waals surface area contributed by atoms with E-state index in [1.54, 1.807) is 19.2 Å². The number of amides is 2. The van der Waals surface area contributed by atoms with Crippen molar-refractivity contribution < 1.29 is 9.59 Å². The summed E-state index contributed by atoms with van der Waals surface area (Å²) in [6.07, 6.45) is 5.98. The van der Waals surface area contributed by atoms with E-state index in [-0.39, 0.29) is 11.9 Å². The van der Waals surface area contributed by atoms with Crippen LogP contribution in [0.25, 0.3) is 0 Å². The molecule has 124 valence electrons. The molecule has 1 atom stereocenters. The molecule has 0 spiro atoms. The normalized spacial score (nSPS) is 17.0. The Morgan fingerprint density at radius 1 is 1.21 bits per heavy atom. The van der Waals surface area contributed by atoms with Crippen molar-refractivity contribution in [2.24, 2.45) is 5.73 Å². The highest BCUT2D eigenvalue weighted by Crippen LogP contribution is 2.32. The van der Waals surface area contributed by atoms with Crippen LogP contribution in [0.1, 0.15) is 52.9 Å². The van der Waals surface area contributed by atoms with E-state index in [0.29, 0.717) is 12.0 Å². The van der Waals surface area contributed by atoms with Gasteiger partial charge in [0, 0.05) is 25.9 Å². The van der Waals surface area contributed by atoms with Crippen LogP contribution in [-0.2, 0) is 11.2 Å². The fraction of sp³-hybridized carbons (Fsp3) is 0.316. The molecule has 2 aromatic rings. The molecule has 1 unspecified atom stereocenters. The lowest BCUT2D eigenvalue weighted by atomic mass is 9.99. The Labute approximate surface area is 141 Å². The van der Waals surface area contributed by atoms with Crippen LogP contribution in [0.4, 0.5) is 0 Å². The molecule has 1 fully saturated rings. The molecule has 0 saturated carbocycles. The minimum atomic E-state index is -0.467. The van der Waals surface area contributed by atoms with Crippen molar-refractivity contribution in [1.29, 1.82) is 0 Å². The predicted octanol–water partition coefficient (Wildman–Crippen LogP) is 2.45. The van der Waals surface area contributed by atoms with Gasteiger partial charge in [-0.2, -0.15) is 0 Å². The van der Waals surface area contributed by atoms with Gasteiger partial charge in [-0.05, 0) is 42.0 Å². The molecule has 0 radical (unpaired) electrons. The number of rotatable bonds is 4. The first-order valence-electron chi connectivity index (χ1n) is 8.14. The molecule has 2 heterocycles. The highest BCUT2D eigenvalue weighted by molar-refractivity contribution is 5.92. The summed E-state index contributed by atoms with van der Waals surface area (Å²) >= 11 is 0. The Morgan fingerprint density at radius 2 is 1.96 bits per heavy atom. The third-order valence-electron chi connectivity index (χ3n) is 4.51. The van der Waals surface area contributed by atoms with E-state index < -0.39 is 5.91 Å². The summed E-state index contributed by atoms with van der Waals surface area (Å²) in [4.78, 5) is 28.9. The van der Waals surface area contributed by atoms with Crippen molar-refractivity contribution in [3.8, 4) is 0 Å². The van der Waals surface area contributed by atoms with Gasteiger partial charge in [-0.25, -0.2) is 0 Å². The van der Waals surface area contributed by atoms with Crippen molar-refractivity contribution >= 4 is 11.8 Å². The Kier molecular flexibility index (Phi) is 4.60. The van der Waals surface area contributed by atoms with Gasteiger partial charge in [-0.15, -0.1) is 0 Å². The van der Waals surface area contributed by atoms with Crippen molar-refractivity contribution in [2.75, 3.05) is 6.54 Å². The van der Waals surface area contributed by atoms with Crippen LogP contribution in [-0.4, -0.2) is 28.2 Å². The maximum absolute atomic E-state index is 11.7. The molecule has 1 aromatic heterocycles. The standard InChI is InChI=1S/C19H21N3O2/c1-13(23)22-8-2-3-18(22)16-6-4-14(5-7-16)9-15-10-17(19(20)24)12-21-11-15/h4-7,10-12,18H,2-3,8-9H2,1H3,(H2,20,24). The van der Waals surface area contributed by atoms with E-state index in [1.165, 1.54) is 11.8 Å². The molecule has 0 aliphatic carbocycles. The monoisotopic (exact) mass is 323 g/mol. The Morgan fingerprint density at radius 3 is 2.62 bits per heavy atom. The summed E-state index contributed by atoms with van der Waals surface area (Å²) in [7, 11) is 0. The first-order valence-corrected chi connectivity index (χ1v) is 8.14. The van der Waals surface area contributed by atoms with Gasteiger partial charge in [-0.3, -0.25) is 14.6 Å². The van der Waals surface area contributed by atoms with Crippen molar-refractivity contribution in [3.05, 3.63) is 65.0 Å². The molecule has 1 aromatic carbocycles. The number of primary amides is 1. The molecule has 3 rings (SSSR count). The van der Waals surface area contributed by atoms with Gasteiger partial charge in [0.15, 0.2) is 0 Å². The predicted molar refractivity (Wildman–Crippen MR) is 91.4 cm³/mol. The van der Waals surface area contributed by atoms with Gasteiger partial charge < -0.3 is 10.6 Å². The van der Waals surface area contributed by atoms with Gasteiger partial charge in [0.25, 0.3) is 0 Å². The average Bonchev–Trinajstić information content (AvgIpc) is 3.06. The van der Waals surface area contributed by atoms with E-state index in [0.717, 1.165) is 30.5 Å². The van der Waals surface area contributed by atoms with Gasteiger partial charge in [0.1, 0.15) is 0 Å². The molecule has 2 N–H and O–H groups in total. The highest BCUT2D eigenvalue weighted by Gasteiger charge is 2.27. The number of carbonyl (C=O) groups excluding carboxylic acids is 2. The summed E-state index contributed by atoms with van der Waals surface area (Å²) in [5, 5.41) is 0. The zero-order valence-corrected chi connectivity index (χ0v) is 13.7. The Bertz CT molecular complexity index is 755. The third-order valence-corrected chi connectivity index (χ3v) is 4.51. The summed E-state index contributed by atoms with van der Waals surface area (Å²) in [6, 6.07) is 10.3. The van der Waals surface area contributed by atoms with E-state index in [1.807, 2.05) is 4.90 Å². The van der Waals surface area contributed by atoms with Gasteiger partial charge in [0.2, 0.25) is 11.8 Å². The first-order chi connectivity index (χ1) is 11.5. The topological polar surface area (TPSA) is 76.3 Å². The molecular weight excluding hydrogens is 302 g/mol. The lowest BCUT2D eigenvalue weighted by Crippen LogP contribution is -2.27. The molecular formula is C19H21N3O2. The van der Waals surface area contributed by atoms with Crippen molar-refractivity contribution in [3.63, 3.8) is 0 Å². The second-order valence-corrected chi connectivity index (χ2v) is 6.23. The van der Waals surface area contributed by atoms with Crippen LogP contribution >= 0.6 is 0 Å². The number of hydrogen-bond donors (Lipinski definition) is 1. The number of pyridine rings is 1. The van der Waals surface area contributed by atoms with Crippen molar-refractivity contribution in [2.45, 2.75) is 32.2 Å². The number of hydrogen-bond acceptors (Lipinski definition) is 3. The maximum Gasteiger partial charge on any atom is 0.250 e. The minimum absolute atomic E-state index is 0.135. The zero-order valence-electron chi connectivity index (χ0n) is 13.7. The summed E-state index contributed by atoms with van der Waals surface area (Å²) in [5.74, 6) is -0.332. The van der Waals surface area contributed by atoms with Crippen LogP contribution < -0.4 is 5.73 Å². The van der Waals surface area contributed by atoms with Crippen LogP contribution in [0.2, 0.25) is 0 Å². The molecule has 1 saturated heterocycles. The largest absolute Gasteiger partial charge is 0.366 e. The fourth-order valence-corrected chi connectivity index (χ4v) is 3.30. The van der Waals surface area contributed by atoms with Crippen LogP contribution in [0.15, 0.2) is 42.7 Å². The molecule has 5 nitrogen and oxygen atoms in total.